The van der Waals surface area contributed by atoms with Crippen molar-refractivity contribution in [3.63, 3.8) is 0 Å². The molecule has 0 saturated carbocycles. The van der Waals surface area contributed by atoms with Crippen molar-refractivity contribution in [1.29, 1.82) is 0 Å². The molecule has 2 N–H and O–H groups in total. The van der Waals surface area contributed by atoms with E-state index < -0.39 is 11.7 Å². The second-order valence-corrected chi connectivity index (χ2v) is 5.12. The molecule has 0 spiro atoms. The molecular formula is C18H19FN2O3. The average Bonchev–Trinajstić information content (AvgIpc) is 2.60. The number of rotatable bonds is 7. The molecule has 2 aromatic carbocycles. The van der Waals surface area contributed by atoms with Gasteiger partial charge in [-0.1, -0.05) is 30.3 Å². The predicted molar refractivity (Wildman–Crippen MR) is 88.4 cm³/mol. The molecule has 24 heavy (non-hydrogen) atoms. The van der Waals surface area contributed by atoms with Crippen molar-refractivity contribution in [2.75, 3.05) is 20.2 Å². The molecule has 126 valence electrons. The van der Waals surface area contributed by atoms with Crippen molar-refractivity contribution >= 4 is 11.8 Å². The molecule has 0 atom stereocenters. The Morgan fingerprint density at radius 3 is 2.50 bits per heavy atom. The van der Waals surface area contributed by atoms with Crippen LogP contribution in [0.15, 0.2) is 48.5 Å². The molecule has 5 nitrogen and oxygen atoms in total. The lowest BCUT2D eigenvalue weighted by Gasteiger charge is -2.08. The number of benzene rings is 2. The number of carbonyl (C=O) groups excluding carboxylic acids is 2. The number of carbonyl (C=O) groups is 2. The Bertz CT molecular complexity index is 705. The molecule has 0 saturated heterocycles. The summed E-state index contributed by atoms with van der Waals surface area (Å²) < 4.78 is 18.3. The highest BCUT2D eigenvalue weighted by Crippen LogP contribution is 2.17. The summed E-state index contributed by atoms with van der Waals surface area (Å²) in [6.07, 6.45) is 0.713. The fourth-order valence-corrected chi connectivity index (χ4v) is 2.12. The van der Waals surface area contributed by atoms with Crippen molar-refractivity contribution < 1.29 is 18.7 Å². The Hall–Kier alpha value is -2.89. The molecule has 0 unspecified atom stereocenters. The first-order valence-corrected chi connectivity index (χ1v) is 7.52. The lowest BCUT2D eigenvalue weighted by atomic mass is 10.1. The van der Waals surface area contributed by atoms with Gasteiger partial charge in [-0.15, -0.1) is 0 Å². The Morgan fingerprint density at radius 2 is 1.83 bits per heavy atom. The number of ether oxygens (including phenoxy) is 1. The summed E-state index contributed by atoms with van der Waals surface area (Å²) in [4.78, 5) is 23.6. The molecule has 6 heteroatoms. The molecule has 0 heterocycles. The van der Waals surface area contributed by atoms with Crippen molar-refractivity contribution in [2.24, 2.45) is 0 Å². The summed E-state index contributed by atoms with van der Waals surface area (Å²) in [7, 11) is 1.35. The first-order chi connectivity index (χ1) is 11.6. The highest BCUT2D eigenvalue weighted by Gasteiger charge is 2.11. The number of amides is 2. The highest BCUT2D eigenvalue weighted by molar-refractivity contribution is 5.96. The van der Waals surface area contributed by atoms with Crippen LogP contribution in [0.3, 0.4) is 0 Å². The van der Waals surface area contributed by atoms with Crippen LogP contribution >= 0.6 is 0 Å². The molecule has 0 aliphatic heterocycles. The zero-order chi connectivity index (χ0) is 17.4. The van der Waals surface area contributed by atoms with E-state index in [1.54, 1.807) is 0 Å². The van der Waals surface area contributed by atoms with Crippen LogP contribution in [0.25, 0.3) is 0 Å². The summed E-state index contributed by atoms with van der Waals surface area (Å²) in [5.41, 5.74) is 1.25. The minimum atomic E-state index is -0.627. The number of nitrogens with one attached hydrogen (secondary N) is 2. The quantitative estimate of drug-likeness (QED) is 0.815. The third kappa shape index (κ3) is 5.08. The second-order valence-electron chi connectivity index (χ2n) is 5.12. The van der Waals surface area contributed by atoms with Crippen LogP contribution in [0.5, 0.6) is 5.75 Å². The van der Waals surface area contributed by atoms with Gasteiger partial charge in [0.2, 0.25) is 5.91 Å². The Morgan fingerprint density at radius 1 is 1.08 bits per heavy atom. The van der Waals surface area contributed by atoms with E-state index in [9.17, 15) is 14.0 Å². The van der Waals surface area contributed by atoms with Gasteiger partial charge in [-0.05, 0) is 30.2 Å². The normalized spacial score (nSPS) is 10.1. The first kappa shape index (κ1) is 17.5. The van der Waals surface area contributed by atoms with Gasteiger partial charge in [0.05, 0.1) is 13.7 Å². The standard InChI is InChI=1S/C18H19FN2O3/c1-24-16-8-7-14(11-15(16)19)18(23)21-12-17(22)20-10-9-13-5-3-2-4-6-13/h2-8,11H,9-10,12H2,1H3,(H,20,22)(H,21,23). The monoisotopic (exact) mass is 330 g/mol. The summed E-state index contributed by atoms with van der Waals surface area (Å²) >= 11 is 0. The van der Waals surface area contributed by atoms with E-state index >= 15 is 0 Å². The van der Waals surface area contributed by atoms with Gasteiger partial charge >= 0.3 is 0 Å². The highest BCUT2D eigenvalue weighted by atomic mass is 19.1. The van der Waals surface area contributed by atoms with Crippen molar-refractivity contribution in [2.45, 2.75) is 6.42 Å². The zero-order valence-electron chi connectivity index (χ0n) is 13.3. The fraction of sp³-hybridized carbons (Fsp3) is 0.222. The maximum atomic E-state index is 13.6. The Kier molecular flexibility index (Phi) is 6.31. The molecule has 0 bridgehead atoms. The number of hydrogen-bond acceptors (Lipinski definition) is 3. The summed E-state index contributed by atoms with van der Waals surface area (Å²) in [5, 5.41) is 5.17. The van der Waals surface area contributed by atoms with Gasteiger partial charge in [0.15, 0.2) is 11.6 Å². The third-order valence-electron chi connectivity index (χ3n) is 3.40. The fourth-order valence-electron chi connectivity index (χ4n) is 2.12. The van der Waals surface area contributed by atoms with Gasteiger partial charge in [0.25, 0.3) is 5.91 Å². The maximum absolute atomic E-state index is 13.6. The molecule has 0 fully saturated rings. The van der Waals surface area contributed by atoms with Crippen LogP contribution in [0.4, 0.5) is 4.39 Å². The SMILES string of the molecule is COc1ccc(C(=O)NCC(=O)NCCc2ccccc2)cc1F. The Labute approximate surface area is 139 Å². The van der Waals surface area contributed by atoms with E-state index in [2.05, 4.69) is 10.6 Å². The molecule has 0 aliphatic rings. The molecule has 0 aliphatic carbocycles. The molecule has 2 aromatic rings. The first-order valence-electron chi connectivity index (χ1n) is 7.52. The number of hydrogen-bond donors (Lipinski definition) is 2. The van der Waals surface area contributed by atoms with E-state index in [0.717, 1.165) is 11.6 Å². The van der Waals surface area contributed by atoms with Gasteiger partial charge in [-0.25, -0.2) is 4.39 Å². The van der Waals surface area contributed by atoms with Gasteiger partial charge in [-0.3, -0.25) is 9.59 Å². The van der Waals surface area contributed by atoms with E-state index in [0.29, 0.717) is 13.0 Å². The average molecular weight is 330 g/mol. The van der Waals surface area contributed by atoms with Crippen molar-refractivity contribution in [3.05, 3.63) is 65.5 Å². The van der Waals surface area contributed by atoms with E-state index in [1.165, 1.54) is 19.2 Å². The molecule has 0 radical (unpaired) electrons. The molecule has 0 aromatic heterocycles. The van der Waals surface area contributed by atoms with Gasteiger partial charge < -0.3 is 15.4 Å². The lowest BCUT2D eigenvalue weighted by molar-refractivity contribution is -0.120. The van der Waals surface area contributed by atoms with Gasteiger partial charge in [0, 0.05) is 12.1 Å². The van der Waals surface area contributed by atoms with Crippen LogP contribution in [0.1, 0.15) is 15.9 Å². The largest absolute Gasteiger partial charge is 0.494 e. The Balaban J connectivity index is 1.75. The second kappa shape index (κ2) is 8.67. The summed E-state index contributed by atoms with van der Waals surface area (Å²) in [6, 6.07) is 13.6. The van der Waals surface area contributed by atoms with Crippen LogP contribution in [-0.4, -0.2) is 32.0 Å². The summed E-state index contributed by atoms with van der Waals surface area (Å²) in [5.74, 6) is -1.38. The zero-order valence-corrected chi connectivity index (χ0v) is 13.3. The molecule has 2 amide bonds. The van der Waals surface area contributed by atoms with Crippen molar-refractivity contribution in [3.8, 4) is 5.75 Å². The minimum Gasteiger partial charge on any atom is -0.494 e. The van der Waals surface area contributed by atoms with E-state index in [1.807, 2.05) is 30.3 Å². The van der Waals surface area contributed by atoms with E-state index in [-0.39, 0.29) is 23.8 Å². The minimum absolute atomic E-state index is 0.0604. The predicted octanol–water partition coefficient (Wildman–Crippen LogP) is 1.92. The van der Waals surface area contributed by atoms with Crippen LogP contribution in [-0.2, 0) is 11.2 Å². The number of halogens is 1. The van der Waals surface area contributed by atoms with Crippen LogP contribution < -0.4 is 15.4 Å². The number of methoxy groups -OCH3 is 1. The van der Waals surface area contributed by atoms with Crippen LogP contribution in [0.2, 0.25) is 0 Å². The van der Waals surface area contributed by atoms with Crippen LogP contribution in [0, 0.1) is 5.82 Å². The molecule has 2 rings (SSSR count). The van der Waals surface area contributed by atoms with Gasteiger partial charge in [0.1, 0.15) is 0 Å². The smallest absolute Gasteiger partial charge is 0.251 e. The topological polar surface area (TPSA) is 67.4 Å². The van der Waals surface area contributed by atoms with E-state index in [4.69, 9.17) is 4.74 Å². The maximum Gasteiger partial charge on any atom is 0.251 e. The summed E-state index contributed by atoms with van der Waals surface area (Å²) in [6.45, 7) is 0.317. The third-order valence-corrected chi connectivity index (χ3v) is 3.40. The van der Waals surface area contributed by atoms with Crippen molar-refractivity contribution in [1.82, 2.24) is 10.6 Å². The van der Waals surface area contributed by atoms with Gasteiger partial charge in [-0.2, -0.15) is 0 Å². The lowest BCUT2D eigenvalue weighted by Crippen LogP contribution is -2.37. The molecular weight excluding hydrogens is 311 g/mol.